The maximum Gasteiger partial charge on any atom is 0.262 e. The van der Waals surface area contributed by atoms with E-state index in [0.29, 0.717) is 5.75 Å². The number of aliphatic hydroxyl groups is 1. The predicted molar refractivity (Wildman–Crippen MR) is 85.0 cm³/mol. The third kappa shape index (κ3) is 3.12. The molecule has 0 aromatic heterocycles. The molecule has 1 aliphatic rings. The second-order valence-corrected chi connectivity index (χ2v) is 8.31. The Morgan fingerprint density at radius 2 is 1.96 bits per heavy atom. The van der Waals surface area contributed by atoms with Gasteiger partial charge in [0.05, 0.1) is 12.0 Å². The Morgan fingerprint density at radius 3 is 2.42 bits per heavy atom. The molecular formula is C15H22N2O6S. The molecule has 0 spiro atoms. The van der Waals surface area contributed by atoms with Crippen LogP contribution in [0.15, 0.2) is 29.2 Å². The van der Waals surface area contributed by atoms with Crippen LogP contribution < -0.4 is 10.2 Å². The van der Waals surface area contributed by atoms with Crippen molar-refractivity contribution in [2.75, 3.05) is 20.3 Å². The Balaban J connectivity index is 2.48. The summed E-state index contributed by atoms with van der Waals surface area (Å²) in [5.41, 5.74) is 0.871. The van der Waals surface area contributed by atoms with Gasteiger partial charge >= 0.3 is 0 Å². The van der Waals surface area contributed by atoms with Crippen molar-refractivity contribution in [2.24, 2.45) is 11.3 Å². The van der Waals surface area contributed by atoms with Gasteiger partial charge in [0.1, 0.15) is 11.8 Å². The Bertz CT molecular complexity index is 701. The van der Waals surface area contributed by atoms with Gasteiger partial charge in [-0.1, -0.05) is 13.8 Å². The Labute approximate surface area is 141 Å². The van der Waals surface area contributed by atoms with Crippen LogP contribution in [0.2, 0.25) is 0 Å². The number of ether oxygens (including phenoxy) is 1. The fraction of sp³-hybridized carbons (Fsp3) is 0.533. The van der Waals surface area contributed by atoms with Gasteiger partial charge in [0.2, 0.25) is 10.0 Å². The minimum absolute atomic E-state index is 0.00781. The first-order chi connectivity index (χ1) is 11.2. The highest BCUT2D eigenvalue weighted by Gasteiger charge is 2.54. The molecule has 0 saturated carbocycles. The number of hydroxylamine groups is 1. The number of aliphatic hydroxyl groups excluding tert-OH is 1. The van der Waals surface area contributed by atoms with Crippen LogP contribution in [0.1, 0.15) is 13.8 Å². The van der Waals surface area contributed by atoms with Gasteiger partial charge in [-0.2, -0.15) is 4.31 Å². The van der Waals surface area contributed by atoms with E-state index in [4.69, 9.17) is 9.94 Å². The number of carbonyl (C=O) groups is 1. The van der Waals surface area contributed by atoms with Crippen LogP contribution >= 0.6 is 0 Å². The van der Waals surface area contributed by atoms with Crippen LogP contribution in [0, 0.1) is 11.3 Å². The fourth-order valence-electron chi connectivity index (χ4n) is 3.09. The standard InChI is InChI=1S/C15H22N2O6S/c1-15(2)9-17(13(12(15)8-18)14(19)16-20)24(21,22)11-6-4-10(23-3)5-7-11/h4-7,12-13,18,20H,8-9H2,1-3H3,(H,16,19)/t12?,13-/m1/s1. The van der Waals surface area contributed by atoms with E-state index >= 15 is 0 Å². The van der Waals surface area contributed by atoms with E-state index < -0.39 is 33.3 Å². The van der Waals surface area contributed by atoms with Gasteiger partial charge in [-0.25, -0.2) is 13.9 Å². The van der Waals surface area contributed by atoms with Crippen LogP contribution in [0.3, 0.4) is 0 Å². The lowest BCUT2D eigenvalue weighted by Crippen LogP contribution is -2.48. The molecule has 1 saturated heterocycles. The Hall–Kier alpha value is -1.68. The van der Waals surface area contributed by atoms with Gasteiger partial charge in [0.15, 0.2) is 0 Å². The summed E-state index contributed by atoms with van der Waals surface area (Å²) in [6.07, 6.45) is 0. The minimum Gasteiger partial charge on any atom is -0.497 e. The lowest BCUT2D eigenvalue weighted by atomic mass is 9.79. The summed E-state index contributed by atoms with van der Waals surface area (Å²) in [6.45, 7) is 3.22. The van der Waals surface area contributed by atoms with E-state index in [1.165, 1.54) is 36.9 Å². The summed E-state index contributed by atoms with van der Waals surface area (Å²) in [7, 11) is -2.52. The highest BCUT2D eigenvalue weighted by Crippen LogP contribution is 2.42. The van der Waals surface area contributed by atoms with Gasteiger partial charge in [-0.15, -0.1) is 0 Å². The van der Waals surface area contributed by atoms with Crippen molar-refractivity contribution in [2.45, 2.75) is 24.8 Å². The monoisotopic (exact) mass is 358 g/mol. The zero-order chi connectivity index (χ0) is 18.1. The quantitative estimate of drug-likeness (QED) is 0.512. The second kappa shape index (κ2) is 6.67. The van der Waals surface area contributed by atoms with Gasteiger partial charge in [0.25, 0.3) is 5.91 Å². The molecule has 1 amide bonds. The number of amides is 1. The zero-order valence-corrected chi connectivity index (χ0v) is 14.6. The molecule has 1 fully saturated rings. The maximum absolute atomic E-state index is 13.0. The highest BCUT2D eigenvalue weighted by atomic mass is 32.2. The molecule has 1 aromatic rings. The van der Waals surface area contributed by atoms with E-state index in [1.54, 1.807) is 13.8 Å². The molecular weight excluding hydrogens is 336 g/mol. The third-order valence-electron chi connectivity index (χ3n) is 4.50. The van der Waals surface area contributed by atoms with Crippen molar-refractivity contribution in [3.05, 3.63) is 24.3 Å². The van der Waals surface area contributed by atoms with E-state index in [0.717, 1.165) is 4.31 Å². The summed E-state index contributed by atoms with van der Waals surface area (Å²) < 4.78 is 32.0. The summed E-state index contributed by atoms with van der Waals surface area (Å²) in [6, 6.07) is 4.61. The molecule has 1 unspecified atom stereocenters. The van der Waals surface area contributed by atoms with Gasteiger partial charge in [-0.3, -0.25) is 10.0 Å². The number of sulfonamides is 1. The number of rotatable bonds is 5. The molecule has 2 atom stereocenters. The first-order valence-electron chi connectivity index (χ1n) is 7.39. The molecule has 2 rings (SSSR count). The largest absolute Gasteiger partial charge is 0.497 e. The summed E-state index contributed by atoms with van der Waals surface area (Å²) >= 11 is 0. The van der Waals surface area contributed by atoms with Crippen LogP contribution in [-0.2, 0) is 14.8 Å². The normalized spacial score (nSPS) is 23.9. The van der Waals surface area contributed by atoms with Crippen molar-refractivity contribution < 1.29 is 28.3 Å². The van der Waals surface area contributed by atoms with Crippen molar-refractivity contribution in [1.82, 2.24) is 9.79 Å². The topological polar surface area (TPSA) is 116 Å². The fourth-order valence-corrected chi connectivity index (χ4v) is 4.88. The maximum atomic E-state index is 13.0. The number of carbonyl (C=O) groups excluding carboxylic acids is 1. The highest BCUT2D eigenvalue weighted by molar-refractivity contribution is 7.89. The van der Waals surface area contributed by atoms with Crippen molar-refractivity contribution >= 4 is 15.9 Å². The molecule has 9 heteroatoms. The smallest absolute Gasteiger partial charge is 0.262 e. The average molecular weight is 358 g/mol. The SMILES string of the molecule is COc1ccc(S(=O)(=O)N2CC(C)(C)C(CO)[C@@H]2C(=O)NO)cc1. The summed E-state index contributed by atoms with van der Waals surface area (Å²) in [5.74, 6) is -0.997. The van der Waals surface area contributed by atoms with Gasteiger partial charge in [-0.05, 0) is 29.7 Å². The van der Waals surface area contributed by atoms with E-state index in [1.807, 2.05) is 0 Å². The van der Waals surface area contributed by atoms with Gasteiger partial charge < -0.3 is 9.84 Å². The molecule has 1 heterocycles. The van der Waals surface area contributed by atoms with Gasteiger partial charge in [0, 0.05) is 19.1 Å². The molecule has 8 nitrogen and oxygen atoms in total. The summed E-state index contributed by atoms with van der Waals surface area (Å²) in [5, 5.41) is 18.6. The van der Waals surface area contributed by atoms with Crippen molar-refractivity contribution in [3.8, 4) is 5.75 Å². The number of hydrogen-bond donors (Lipinski definition) is 3. The number of methoxy groups -OCH3 is 1. The van der Waals surface area contributed by atoms with E-state index in [-0.39, 0.29) is 18.0 Å². The number of nitrogens with zero attached hydrogens (tertiary/aromatic N) is 1. The predicted octanol–water partition coefficient (Wildman–Crippen LogP) is 0.208. The molecule has 134 valence electrons. The Morgan fingerprint density at radius 1 is 1.38 bits per heavy atom. The first kappa shape index (κ1) is 18.7. The lowest BCUT2D eigenvalue weighted by molar-refractivity contribution is -0.134. The number of nitrogens with one attached hydrogen (secondary N) is 1. The number of benzene rings is 1. The van der Waals surface area contributed by atoms with Crippen LogP contribution in [0.4, 0.5) is 0 Å². The molecule has 24 heavy (non-hydrogen) atoms. The van der Waals surface area contributed by atoms with Crippen molar-refractivity contribution in [3.63, 3.8) is 0 Å². The zero-order valence-electron chi connectivity index (χ0n) is 13.8. The molecule has 1 aromatic carbocycles. The molecule has 0 radical (unpaired) electrons. The summed E-state index contributed by atoms with van der Waals surface area (Å²) in [4.78, 5) is 12.1. The molecule has 3 N–H and O–H groups in total. The Kier molecular flexibility index (Phi) is 5.19. The molecule has 0 bridgehead atoms. The van der Waals surface area contributed by atoms with Crippen LogP contribution in [-0.4, -0.2) is 55.2 Å². The third-order valence-corrected chi connectivity index (χ3v) is 6.34. The molecule has 1 aliphatic heterocycles. The van der Waals surface area contributed by atoms with Crippen molar-refractivity contribution in [1.29, 1.82) is 0 Å². The van der Waals surface area contributed by atoms with E-state index in [9.17, 15) is 18.3 Å². The number of hydrogen-bond acceptors (Lipinski definition) is 6. The van der Waals surface area contributed by atoms with E-state index in [2.05, 4.69) is 0 Å². The lowest BCUT2D eigenvalue weighted by Gasteiger charge is -2.26. The van der Waals surface area contributed by atoms with Crippen LogP contribution in [0.5, 0.6) is 5.75 Å². The average Bonchev–Trinajstić information content (AvgIpc) is 2.85. The second-order valence-electron chi connectivity index (χ2n) is 6.42. The first-order valence-corrected chi connectivity index (χ1v) is 8.83. The van der Waals surface area contributed by atoms with Crippen LogP contribution in [0.25, 0.3) is 0 Å². The minimum atomic E-state index is -3.99. The molecule has 0 aliphatic carbocycles.